The first-order chi connectivity index (χ1) is 8.11. The lowest BCUT2D eigenvalue weighted by atomic mass is 10.1. The average Bonchev–Trinajstić information content (AvgIpc) is 2.52. The maximum atomic E-state index is 11.8. The second kappa shape index (κ2) is 4.75. The Morgan fingerprint density at radius 3 is 2.71 bits per heavy atom. The number of hydrogen-bond acceptors (Lipinski definition) is 3. The van der Waals surface area contributed by atoms with E-state index in [9.17, 15) is 14.7 Å². The molecular weight excluding hydrogens is 224 g/mol. The molecule has 1 aliphatic carbocycles. The lowest BCUT2D eigenvalue weighted by Gasteiger charge is -2.20. The second-order valence-corrected chi connectivity index (χ2v) is 4.44. The fourth-order valence-electron chi connectivity index (χ4n) is 2.35. The highest BCUT2D eigenvalue weighted by atomic mass is 16.4. The molecule has 3 N–H and O–H groups in total. The van der Waals surface area contributed by atoms with Gasteiger partial charge >= 0.3 is 5.97 Å². The van der Waals surface area contributed by atoms with E-state index in [1.807, 2.05) is 0 Å². The number of rotatable bonds is 2. The van der Waals surface area contributed by atoms with Crippen LogP contribution >= 0.6 is 0 Å². The first-order valence-electron chi connectivity index (χ1n) is 5.82. The SMILES string of the molecule is O=C(O)c1c[nH]n(C2CCCCCC2O)c1=O. The largest absolute Gasteiger partial charge is 0.477 e. The predicted octanol–water partition coefficient (Wildman–Crippen LogP) is 0.741. The summed E-state index contributed by atoms with van der Waals surface area (Å²) in [4.78, 5) is 22.6. The van der Waals surface area contributed by atoms with E-state index in [0.717, 1.165) is 19.3 Å². The summed E-state index contributed by atoms with van der Waals surface area (Å²) >= 11 is 0. The van der Waals surface area contributed by atoms with Crippen LogP contribution in [0.5, 0.6) is 0 Å². The molecule has 17 heavy (non-hydrogen) atoms. The Balaban J connectivity index is 2.32. The number of hydrogen-bond donors (Lipinski definition) is 3. The zero-order valence-electron chi connectivity index (χ0n) is 9.43. The number of nitrogens with one attached hydrogen (secondary N) is 1. The van der Waals surface area contributed by atoms with Crippen LogP contribution in [0.25, 0.3) is 0 Å². The number of nitrogens with zero attached hydrogens (tertiary/aromatic N) is 1. The van der Waals surface area contributed by atoms with E-state index in [1.54, 1.807) is 0 Å². The topological polar surface area (TPSA) is 95.3 Å². The third-order valence-electron chi connectivity index (χ3n) is 3.30. The van der Waals surface area contributed by atoms with Gasteiger partial charge in [0, 0.05) is 6.20 Å². The van der Waals surface area contributed by atoms with Gasteiger partial charge in [0.05, 0.1) is 12.1 Å². The van der Waals surface area contributed by atoms with Gasteiger partial charge in [-0.2, -0.15) is 0 Å². The first-order valence-corrected chi connectivity index (χ1v) is 5.82. The Morgan fingerprint density at radius 2 is 2.06 bits per heavy atom. The normalized spacial score (nSPS) is 25.5. The molecule has 6 nitrogen and oxygen atoms in total. The lowest BCUT2D eigenvalue weighted by Crippen LogP contribution is -2.32. The van der Waals surface area contributed by atoms with Crippen LogP contribution in [-0.2, 0) is 0 Å². The summed E-state index contributed by atoms with van der Waals surface area (Å²) in [5, 5.41) is 21.4. The molecule has 0 aliphatic heterocycles. The summed E-state index contributed by atoms with van der Waals surface area (Å²) in [6.07, 6.45) is 4.86. The van der Waals surface area contributed by atoms with Crippen LogP contribution in [0.15, 0.2) is 11.0 Å². The molecule has 0 amide bonds. The Labute approximate surface area is 97.9 Å². The van der Waals surface area contributed by atoms with Crippen molar-refractivity contribution in [2.45, 2.75) is 44.2 Å². The van der Waals surface area contributed by atoms with Crippen LogP contribution in [0.2, 0.25) is 0 Å². The zero-order chi connectivity index (χ0) is 12.4. The molecule has 94 valence electrons. The number of aromatic carboxylic acids is 1. The maximum absolute atomic E-state index is 11.8. The minimum absolute atomic E-state index is 0.276. The van der Waals surface area contributed by atoms with Gasteiger partial charge < -0.3 is 15.3 Å². The molecular formula is C11H16N2O4. The van der Waals surface area contributed by atoms with Gasteiger partial charge in [-0.3, -0.25) is 4.79 Å². The van der Waals surface area contributed by atoms with Crippen molar-refractivity contribution in [2.75, 3.05) is 0 Å². The Morgan fingerprint density at radius 1 is 1.35 bits per heavy atom. The van der Waals surface area contributed by atoms with Gasteiger partial charge in [0.1, 0.15) is 5.56 Å². The number of carboxylic acid groups (broad SMARTS) is 1. The molecule has 2 rings (SSSR count). The molecule has 1 aromatic rings. The molecule has 1 heterocycles. The number of aromatic nitrogens is 2. The van der Waals surface area contributed by atoms with Gasteiger partial charge in [0.2, 0.25) is 0 Å². The molecule has 0 bridgehead atoms. The third-order valence-corrected chi connectivity index (χ3v) is 3.30. The van der Waals surface area contributed by atoms with E-state index in [0.29, 0.717) is 12.8 Å². The molecule has 0 spiro atoms. The van der Waals surface area contributed by atoms with Crippen molar-refractivity contribution in [1.82, 2.24) is 9.78 Å². The van der Waals surface area contributed by atoms with Gasteiger partial charge in [-0.15, -0.1) is 0 Å². The molecule has 0 aromatic carbocycles. The van der Waals surface area contributed by atoms with E-state index in [-0.39, 0.29) is 11.6 Å². The molecule has 1 fully saturated rings. The van der Waals surface area contributed by atoms with Crippen molar-refractivity contribution in [3.63, 3.8) is 0 Å². The molecule has 2 atom stereocenters. The minimum atomic E-state index is -1.24. The van der Waals surface area contributed by atoms with Crippen LogP contribution in [0.3, 0.4) is 0 Å². The summed E-state index contributed by atoms with van der Waals surface area (Å²) < 4.78 is 1.25. The highest BCUT2D eigenvalue weighted by Gasteiger charge is 2.26. The predicted molar refractivity (Wildman–Crippen MR) is 60.1 cm³/mol. The monoisotopic (exact) mass is 240 g/mol. The molecule has 1 aliphatic rings. The third kappa shape index (κ3) is 2.26. The highest BCUT2D eigenvalue weighted by molar-refractivity contribution is 5.86. The second-order valence-electron chi connectivity index (χ2n) is 4.44. The maximum Gasteiger partial charge on any atom is 0.342 e. The van der Waals surface area contributed by atoms with E-state index >= 15 is 0 Å². The van der Waals surface area contributed by atoms with Crippen LogP contribution in [0.4, 0.5) is 0 Å². The van der Waals surface area contributed by atoms with Crippen molar-refractivity contribution in [2.24, 2.45) is 0 Å². The molecule has 2 unspecified atom stereocenters. The van der Waals surface area contributed by atoms with Crippen LogP contribution < -0.4 is 5.56 Å². The van der Waals surface area contributed by atoms with E-state index in [4.69, 9.17) is 5.11 Å². The number of aromatic amines is 1. The van der Waals surface area contributed by atoms with Crippen LogP contribution in [0.1, 0.15) is 48.5 Å². The summed E-state index contributed by atoms with van der Waals surface area (Å²) in [6.45, 7) is 0. The lowest BCUT2D eigenvalue weighted by molar-refractivity contribution is 0.0692. The Hall–Kier alpha value is -1.56. The van der Waals surface area contributed by atoms with Crippen molar-refractivity contribution in [1.29, 1.82) is 0 Å². The Bertz CT molecular complexity index is 462. The highest BCUT2D eigenvalue weighted by Crippen LogP contribution is 2.26. The Kier molecular flexibility index (Phi) is 3.33. The average molecular weight is 240 g/mol. The van der Waals surface area contributed by atoms with Gasteiger partial charge in [-0.25, -0.2) is 9.48 Å². The number of aliphatic hydroxyl groups excluding tert-OH is 1. The van der Waals surface area contributed by atoms with Gasteiger partial charge in [-0.05, 0) is 12.8 Å². The van der Waals surface area contributed by atoms with Crippen molar-refractivity contribution in [3.05, 3.63) is 22.1 Å². The number of carboxylic acids is 1. The van der Waals surface area contributed by atoms with Gasteiger partial charge in [-0.1, -0.05) is 19.3 Å². The summed E-state index contributed by atoms with van der Waals surface area (Å²) in [5.74, 6) is -1.24. The fourth-order valence-corrected chi connectivity index (χ4v) is 2.35. The van der Waals surface area contributed by atoms with Gasteiger partial charge in [0.15, 0.2) is 0 Å². The number of carbonyl (C=O) groups is 1. The molecule has 6 heteroatoms. The first kappa shape index (κ1) is 11.9. The van der Waals surface area contributed by atoms with E-state index in [2.05, 4.69) is 5.10 Å². The smallest absolute Gasteiger partial charge is 0.342 e. The molecule has 1 aromatic heterocycles. The van der Waals surface area contributed by atoms with Crippen LogP contribution in [-0.4, -0.2) is 32.1 Å². The zero-order valence-corrected chi connectivity index (χ0v) is 9.43. The van der Waals surface area contributed by atoms with Crippen molar-refractivity contribution < 1.29 is 15.0 Å². The quantitative estimate of drug-likeness (QED) is 0.664. The molecule has 0 saturated heterocycles. The summed E-state index contributed by atoms with van der Waals surface area (Å²) in [6, 6.07) is -0.335. The van der Waals surface area contributed by atoms with E-state index < -0.39 is 17.6 Å². The van der Waals surface area contributed by atoms with Gasteiger partial charge in [0.25, 0.3) is 5.56 Å². The van der Waals surface area contributed by atoms with Crippen molar-refractivity contribution in [3.8, 4) is 0 Å². The summed E-state index contributed by atoms with van der Waals surface area (Å²) in [5.41, 5.74) is -0.843. The number of H-pyrrole nitrogens is 1. The van der Waals surface area contributed by atoms with E-state index in [1.165, 1.54) is 10.9 Å². The number of aliphatic hydroxyl groups is 1. The fraction of sp³-hybridized carbons (Fsp3) is 0.636. The van der Waals surface area contributed by atoms with Crippen LogP contribution in [0, 0.1) is 0 Å². The van der Waals surface area contributed by atoms with Crippen molar-refractivity contribution >= 4 is 5.97 Å². The standard InChI is InChI=1S/C11H16N2O4/c14-9-5-3-1-2-4-8(9)13-10(15)7(6-12-13)11(16)17/h6,8-9,12,14H,1-5H2,(H,16,17). The minimum Gasteiger partial charge on any atom is -0.477 e. The molecule has 0 radical (unpaired) electrons. The summed E-state index contributed by atoms with van der Waals surface area (Å²) in [7, 11) is 0. The molecule has 1 saturated carbocycles.